The highest BCUT2D eigenvalue weighted by Crippen LogP contribution is 2.22. The zero-order valence-corrected chi connectivity index (χ0v) is 13.5. The molecule has 0 unspecified atom stereocenters. The van der Waals surface area contributed by atoms with Gasteiger partial charge in [-0.05, 0) is 55.0 Å². The Labute approximate surface area is 143 Å². The zero-order valence-electron chi connectivity index (χ0n) is 12.7. The average Bonchev–Trinajstić information content (AvgIpc) is 2.85. The van der Waals surface area contributed by atoms with E-state index >= 15 is 0 Å². The van der Waals surface area contributed by atoms with Crippen molar-refractivity contribution in [3.63, 3.8) is 0 Å². The summed E-state index contributed by atoms with van der Waals surface area (Å²) in [5.41, 5.74) is 1.85. The van der Waals surface area contributed by atoms with Gasteiger partial charge in [-0.2, -0.15) is 10.1 Å². The third-order valence-electron chi connectivity index (χ3n) is 3.55. The van der Waals surface area contributed by atoms with Crippen LogP contribution in [0.4, 0.5) is 0 Å². The van der Waals surface area contributed by atoms with E-state index in [0.29, 0.717) is 21.9 Å². The lowest BCUT2D eigenvalue weighted by Crippen LogP contribution is -2.29. The maximum Gasteiger partial charge on any atom is 0.283 e. The van der Waals surface area contributed by atoms with E-state index in [1.54, 1.807) is 49.4 Å². The molecule has 0 bridgehead atoms. The Morgan fingerprint density at radius 1 is 1.12 bits per heavy atom. The Kier molecular flexibility index (Phi) is 4.18. The molecule has 1 heterocycles. The number of phenolic OH excluding ortho intramolecular Hbond substituents is 1. The number of imide groups is 1. The van der Waals surface area contributed by atoms with Crippen LogP contribution in [0.2, 0.25) is 5.02 Å². The fourth-order valence-electron chi connectivity index (χ4n) is 2.27. The van der Waals surface area contributed by atoms with E-state index in [1.165, 1.54) is 12.1 Å². The molecule has 6 heteroatoms. The highest BCUT2D eigenvalue weighted by molar-refractivity contribution is 6.31. The van der Waals surface area contributed by atoms with Gasteiger partial charge in [-0.15, -0.1) is 0 Å². The van der Waals surface area contributed by atoms with Gasteiger partial charge in [0, 0.05) is 10.6 Å². The van der Waals surface area contributed by atoms with E-state index in [2.05, 4.69) is 5.10 Å². The molecule has 3 rings (SSSR count). The number of aromatic hydroxyl groups is 1. The molecule has 2 aromatic rings. The molecular formula is C18H13ClN2O3. The molecule has 0 aromatic heterocycles. The molecule has 1 aliphatic rings. The van der Waals surface area contributed by atoms with Crippen molar-refractivity contribution in [2.75, 3.05) is 0 Å². The summed E-state index contributed by atoms with van der Waals surface area (Å²) >= 11 is 5.81. The predicted molar refractivity (Wildman–Crippen MR) is 91.8 cm³/mol. The van der Waals surface area contributed by atoms with E-state index in [9.17, 15) is 14.7 Å². The second-order valence-corrected chi connectivity index (χ2v) is 5.70. The highest BCUT2D eigenvalue weighted by atomic mass is 35.5. The van der Waals surface area contributed by atoms with Crippen LogP contribution in [0.5, 0.6) is 5.75 Å². The standard InChI is InChI=1S/C18H13ClN2O3/c1-11-16(10-12-2-8-15(22)9-3-12)18(24)21(20-11)17(23)13-4-6-14(19)7-5-13/h2-10,22H,1H3/b16-10+. The minimum absolute atomic E-state index is 0.139. The van der Waals surface area contributed by atoms with Crippen LogP contribution in [-0.2, 0) is 4.79 Å². The average molecular weight is 341 g/mol. The molecule has 5 nitrogen and oxygen atoms in total. The van der Waals surface area contributed by atoms with Gasteiger partial charge < -0.3 is 5.11 Å². The zero-order chi connectivity index (χ0) is 17.3. The van der Waals surface area contributed by atoms with Crippen LogP contribution in [0.3, 0.4) is 0 Å². The number of hydrazone groups is 1. The van der Waals surface area contributed by atoms with Crippen LogP contribution in [-0.4, -0.2) is 27.6 Å². The SMILES string of the molecule is CC1=NN(C(=O)c2ccc(Cl)cc2)C(=O)/C1=C/c1ccc(O)cc1. The lowest BCUT2D eigenvalue weighted by Gasteiger charge is -2.09. The maximum atomic E-state index is 12.5. The molecule has 0 radical (unpaired) electrons. The second kappa shape index (κ2) is 6.29. The lowest BCUT2D eigenvalue weighted by molar-refractivity contribution is -0.123. The van der Waals surface area contributed by atoms with Crippen molar-refractivity contribution in [1.82, 2.24) is 5.01 Å². The van der Waals surface area contributed by atoms with Crippen LogP contribution in [0.1, 0.15) is 22.8 Å². The fourth-order valence-corrected chi connectivity index (χ4v) is 2.40. The minimum Gasteiger partial charge on any atom is -0.508 e. The Hall–Kier alpha value is -2.92. The van der Waals surface area contributed by atoms with E-state index < -0.39 is 11.8 Å². The van der Waals surface area contributed by atoms with Gasteiger partial charge in [-0.1, -0.05) is 23.7 Å². The maximum absolute atomic E-state index is 12.5. The van der Waals surface area contributed by atoms with Crippen molar-refractivity contribution >= 4 is 35.2 Å². The van der Waals surface area contributed by atoms with Crippen LogP contribution in [0.25, 0.3) is 6.08 Å². The van der Waals surface area contributed by atoms with Crippen molar-refractivity contribution in [1.29, 1.82) is 0 Å². The third-order valence-corrected chi connectivity index (χ3v) is 3.80. The van der Waals surface area contributed by atoms with E-state index in [0.717, 1.165) is 10.6 Å². The fraction of sp³-hybridized carbons (Fsp3) is 0.0556. The van der Waals surface area contributed by atoms with Gasteiger partial charge in [-0.3, -0.25) is 9.59 Å². The first kappa shape index (κ1) is 16.0. The summed E-state index contributed by atoms with van der Waals surface area (Å²) in [4.78, 5) is 25.0. The molecule has 0 atom stereocenters. The second-order valence-electron chi connectivity index (χ2n) is 5.26. The summed E-state index contributed by atoms with van der Waals surface area (Å²) in [5, 5.41) is 14.7. The lowest BCUT2D eigenvalue weighted by atomic mass is 10.1. The van der Waals surface area contributed by atoms with Crippen molar-refractivity contribution < 1.29 is 14.7 Å². The summed E-state index contributed by atoms with van der Waals surface area (Å²) in [6.07, 6.45) is 1.63. The Morgan fingerprint density at radius 3 is 2.38 bits per heavy atom. The molecule has 0 saturated heterocycles. The summed E-state index contributed by atoms with van der Waals surface area (Å²) in [7, 11) is 0. The molecular weight excluding hydrogens is 328 g/mol. The number of halogens is 1. The number of nitrogens with zero attached hydrogens (tertiary/aromatic N) is 2. The normalized spacial score (nSPS) is 15.8. The molecule has 120 valence electrons. The number of amides is 2. The first-order valence-electron chi connectivity index (χ1n) is 7.16. The number of rotatable bonds is 2. The Morgan fingerprint density at radius 2 is 1.75 bits per heavy atom. The monoisotopic (exact) mass is 340 g/mol. The summed E-state index contributed by atoms with van der Waals surface area (Å²) in [6.45, 7) is 1.67. The number of benzene rings is 2. The molecule has 0 spiro atoms. The van der Waals surface area contributed by atoms with Crippen LogP contribution >= 0.6 is 11.6 Å². The van der Waals surface area contributed by atoms with Gasteiger partial charge in [0.15, 0.2) is 0 Å². The van der Waals surface area contributed by atoms with Gasteiger partial charge in [-0.25, -0.2) is 0 Å². The quantitative estimate of drug-likeness (QED) is 0.672. The van der Waals surface area contributed by atoms with Gasteiger partial charge >= 0.3 is 0 Å². The highest BCUT2D eigenvalue weighted by Gasteiger charge is 2.32. The summed E-state index contributed by atoms with van der Waals surface area (Å²) < 4.78 is 0. The number of hydrogen-bond donors (Lipinski definition) is 1. The number of hydrogen-bond acceptors (Lipinski definition) is 4. The van der Waals surface area contributed by atoms with E-state index in [-0.39, 0.29) is 5.75 Å². The molecule has 1 N–H and O–H groups in total. The number of carbonyl (C=O) groups is 2. The number of phenols is 1. The van der Waals surface area contributed by atoms with E-state index in [4.69, 9.17) is 11.6 Å². The van der Waals surface area contributed by atoms with Gasteiger partial charge in [0.1, 0.15) is 5.75 Å². The van der Waals surface area contributed by atoms with Gasteiger partial charge in [0.25, 0.3) is 11.8 Å². The first-order valence-corrected chi connectivity index (χ1v) is 7.54. The third kappa shape index (κ3) is 3.07. The van der Waals surface area contributed by atoms with Crippen LogP contribution in [0, 0.1) is 0 Å². The molecule has 2 amide bonds. The Bertz CT molecular complexity index is 868. The molecule has 2 aromatic carbocycles. The van der Waals surface area contributed by atoms with Gasteiger partial charge in [0.05, 0.1) is 11.3 Å². The Balaban J connectivity index is 1.88. The topological polar surface area (TPSA) is 70.0 Å². The molecule has 0 fully saturated rings. The molecule has 0 saturated carbocycles. The molecule has 24 heavy (non-hydrogen) atoms. The minimum atomic E-state index is -0.509. The van der Waals surface area contributed by atoms with Gasteiger partial charge in [0.2, 0.25) is 0 Å². The summed E-state index contributed by atoms with van der Waals surface area (Å²) in [6, 6.07) is 12.6. The van der Waals surface area contributed by atoms with Crippen molar-refractivity contribution in [2.24, 2.45) is 5.10 Å². The van der Waals surface area contributed by atoms with E-state index in [1.807, 2.05) is 0 Å². The largest absolute Gasteiger partial charge is 0.508 e. The predicted octanol–water partition coefficient (Wildman–Crippen LogP) is 3.49. The van der Waals surface area contributed by atoms with Crippen molar-refractivity contribution in [3.05, 3.63) is 70.3 Å². The molecule has 1 aliphatic heterocycles. The van der Waals surface area contributed by atoms with Crippen LogP contribution < -0.4 is 0 Å². The number of carbonyl (C=O) groups excluding carboxylic acids is 2. The smallest absolute Gasteiger partial charge is 0.283 e. The van der Waals surface area contributed by atoms with Crippen molar-refractivity contribution in [2.45, 2.75) is 6.92 Å². The van der Waals surface area contributed by atoms with Crippen LogP contribution in [0.15, 0.2) is 59.2 Å². The molecule has 0 aliphatic carbocycles. The summed E-state index contributed by atoms with van der Waals surface area (Å²) in [5.74, 6) is -0.856. The van der Waals surface area contributed by atoms with Crippen molar-refractivity contribution in [3.8, 4) is 5.75 Å². The first-order chi connectivity index (χ1) is 11.5.